The van der Waals surface area contributed by atoms with E-state index in [1.54, 1.807) is 7.11 Å². The summed E-state index contributed by atoms with van der Waals surface area (Å²) >= 11 is 0. The van der Waals surface area contributed by atoms with Gasteiger partial charge in [-0.3, -0.25) is 4.79 Å². The molecule has 0 amide bonds. The van der Waals surface area contributed by atoms with E-state index in [9.17, 15) is 4.79 Å². The van der Waals surface area contributed by atoms with Gasteiger partial charge in [-0.2, -0.15) is 0 Å². The van der Waals surface area contributed by atoms with Gasteiger partial charge in [0.25, 0.3) is 0 Å². The number of ether oxygens (including phenoxy) is 1. The Morgan fingerprint density at radius 3 is 2.59 bits per heavy atom. The third kappa shape index (κ3) is 2.34. The molecule has 1 aliphatic heterocycles. The molecule has 3 heteroatoms. The number of nitrogens with one attached hydrogen (secondary N) is 1. The minimum Gasteiger partial charge on any atom is -0.496 e. The maximum absolute atomic E-state index is 12.1. The van der Waals surface area contributed by atoms with Crippen LogP contribution in [0.5, 0.6) is 5.75 Å². The second-order valence-electron chi connectivity index (χ2n) is 4.83. The largest absolute Gasteiger partial charge is 0.496 e. The minimum atomic E-state index is 0.156. The van der Waals surface area contributed by atoms with Crippen molar-refractivity contribution in [3.8, 4) is 5.75 Å². The number of rotatable bonds is 4. The Balaban J connectivity index is 2.29. The van der Waals surface area contributed by atoms with Crippen molar-refractivity contribution < 1.29 is 9.53 Å². The van der Waals surface area contributed by atoms with Crippen LogP contribution in [-0.4, -0.2) is 26.0 Å². The average Bonchev–Trinajstić information content (AvgIpc) is 2.25. The molecule has 1 aromatic carbocycles. The lowest BCUT2D eigenvalue weighted by Gasteiger charge is -2.26. The molecule has 0 saturated carbocycles. The summed E-state index contributed by atoms with van der Waals surface area (Å²) in [6, 6.07) is 5.74. The zero-order chi connectivity index (χ0) is 12.4. The van der Waals surface area contributed by atoms with Crippen LogP contribution in [0.2, 0.25) is 0 Å². The van der Waals surface area contributed by atoms with Gasteiger partial charge in [-0.25, -0.2) is 0 Å². The Hall–Kier alpha value is -1.35. The van der Waals surface area contributed by atoms with E-state index in [4.69, 9.17) is 4.74 Å². The van der Waals surface area contributed by atoms with E-state index in [1.807, 2.05) is 18.2 Å². The van der Waals surface area contributed by atoms with Gasteiger partial charge in [0.05, 0.1) is 7.11 Å². The van der Waals surface area contributed by atoms with Gasteiger partial charge in [0, 0.05) is 24.6 Å². The summed E-state index contributed by atoms with van der Waals surface area (Å²) in [4.78, 5) is 12.1. The van der Waals surface area contributed by atoms with Gasteiger partial charge in [0.1, 0.15) is 5.75 Å². The van der Waals surface area contributed by atoms with Crippen LogP contribution >= 0.6 is 0 Å². The Kier molecular flexibility index (Phi) is 3.48. The molecule has 3 nitrogen and oxygen atoms in total. The van der Waals surface area contributed by atoms with Crippen molar-refractivity contribution in [1.82, 2.24) is 5.32 Å². The third-order valence-corrected chi connectivity index (χ3v) is 3.29. The molecule has 1 fully saturated rings. The molecular weight excluding hydrogens is 214 g/mol. The summed E-state index contributed by atoms with van der Waals surface area (Å²) in [6.45, 7) is 5.83. The van der Waals surface area contributed by atoms with Crippen LogP contribution in [0.3, 0.4) is 0 Å². The summed E-state index contributed by atoms with van der Waals surface area (Å²) in [6.07, 6.45) is 0. The number of hydrogen-bond acceptors (Lipinski definition) is 3. The first-order chi connectivity index (χ1) is 8.13. The van der Waals surface area contributed by atoms with Gasteiger partial charge in [0.2, 0.25) is 0 Å². The molecule has 0 atom stereocenters. The van der Waals surface area contributed by atoms with E-state index in [0.717, 1.165) is 30.0 Å². The van der Waals surface area contributed by atoms with Gasteiger partial charge < -0.3 is 10.1 Å². The highest BCUT2D eigenvalue weighted by Crippen LogP contribution is 2.28. The van der Waals surface area contributed by atoms with E-state index < -0.39 is 0 Å². The van der Waals surface area contributed by atoms with Crippen molar-refractivity contribution in [2.75, 3.05) is 20.2 Å². The topological polar surface area (TPSA) is 38.3 Å². The zero-order valence-corrected chi connectivity index (χ0v) is 10.6. The van der Waals surface area contributed by atoms with Gasteiger partial charge in [-0.1, -0.05) is 13.8 Å². The Morgan fingerprint density at radius 1 is 1.41 bits per heavy atom. The van der Waals surface area contributed by atoms with Crippen LogP contribution in [0.4, 0.5) is 0 Å². The monoisotopic (exact) mass is 233 g/mol. The number of ketones is 1. The van der Waals surface area contributed by atoms with Crippen LogP contribution in [0.1, 0.15) is 35.7 Å². The molecule has 1 saturated heterocycles. The lowest BCUT2D eigenvalue weighted by atomic mass is 9.90. The van der Waals surface area contributed by atoms with Gasteiger partial charge in [-0.05, 0) is 29.7 Å². The molecule has 0 spiro atoms. The first kappa shape index (κ1) is 12.1. The molecule has 0 radical (unpaired) electrons. The second-order valence-corrected chi connectivity index (χ2v) is 4.83. The second kappa shape index (κ2) is 4.88. The third-order valence-electron chi connectivity index (χ3n) is 3.29. The smallest absolute Gasteiger partial charge is 0.168 e. The van der Waals surface area contributed by atoms with E-state index in [1.165, 1.54) is 0 Å². The van der Waals surface area contributed by atoms with E-state index >= 15 is 0 Å². The number of benzene rings is 1. The molecule has 2 rings (SSSR count). The summed E-state index contributed by atoms with van der Waals surface area (Å²) in [5, 5.41) is 3.13. The molecule has 0 bridgehead atoms. The summed E-state index contributed by atoms with van der Waals surface area (Å²) in [5.41, 5.74) is 1.91. The quantitative estimate of drug-likeness (QED) is 0.810. The minimum absolute atomic E-state index is 0.156. The zero-order valence-electron chi connectivity index (χ0n) is 10.6. The molecule has 1 aromatic rings. The maximum atomic E-state index is 12.1. The highest BCUT2D eigenvalue weighted by Gasteiger charge is 2.26. The fourth-order valence-electron chi connectivity index (χ4n) is 2.05. The van der Waals surface area contributed by atoms with E-state index in [-0.39, 0.29) is 11.7 Å². The number of carbonyl (C=O) groups excluding carboxylic acids is 1. The summed E-state index contributed by atoms with van der Waals surface area (Å²) in [7, 11) is 1.67. The molecular formula is C14H19NO2. The van der Waals surface area contributed by atoms with Crippen LogP contribution in [0, 0.1) is 5.92 Å². The number of carbonyl (C=O) groups is 1. The SMILES string of the molecule is COc1ccc(C(=O)C2CNC2)cc1C(C)C. The average molecular weight is 233 g/mol. The highest BCUT2D eigenvalue weighted by atomic mass is 16.5. The molecule has 1 aliphatic rings. The molecule has 17 heavy (non-hydrogen) atoms. The predicted octanol–water partition coefficient (Wildman–Crippen LogP) is 2.22. The van der Waals surface area contributed by atoms with E-state index in [2.05, 4.69) is 19.2 Å². The van der Waals surface area contributed by atoms with Crippen molar-refractivity contribution >= 4 is 5.78 Å². The van der Waals surface area contributed by atoms with Gasteiger partial charge in [0.15, 0.2) is 5.78 Å². The number of Topliss-reactive ketones (excluding diaryl/α,β-unsaturated/α-hetero) is 1. The fourth-order valence-corrected chi connectivity index (χ4v) is 2.05. The Labute approximate surface area is 102 Å². The first-order valence-corrected chi connectivity index (χ1v) is 6.06. The van der Waals surface area contributed by atoms with Crippen molar-refractivity contribution in [2.24, 2.45) is 5.92 Å². The van der Waals surface area contributed by atoms with Crippen LogP contribution in [0.15, 0.2) is 18.2 Å². The van der Waals surface area contributed by atoms with Crippen LogP contribution in [0.25, 0.3) is 0 Å². The van der Waals surface area contributed by atoms with Crippen LogP contribution in [-0.2, 0) is 0 Å². The Bertz CT molecular complexity index is 422. The van der Waals surface area contributed by atoms with Crippen molar-refractivity contribution in [3.05, 3.63) is 29.3 Å². The highest BCUT2D eigenvalue weighted by molar-refractivity contribution is 5.99. The molecule has 92 valence electrons. The fraction of sp³-hybridized carbons (Fsp3) is 0.500. The van der Waals surface area contributed by atoms with Crippen molar-refractivity contribution in [2.45, 2.75) is 19.8 Å². The summed E-state index contributed by atoms with van der Waals surface area (Å²) < 4.78 is 5.32. The molecule has 0 aromatic heterocycles. The van der Waals surface area contributed by atoms with Crippen molar-refractivity contribution in [3.63, 3.8) is 0 Å². The van der Waals surface area contributed by atoms with E-state index in [0.29, 0.717) is 5.92 Å². The van der Waals surface area contributed by atoms with Crippen LogP contribution < -0.4 is 10.1 Å². The Morgan fingerprint density at radius 2 is 2.12 bits per heavy atom. The standard InChI is InChI=1S/C14H19NO2/c1-9(2)12-6-10(4-5-13(12)17-3)14(16)11-7-15-8-11/h4-6,9,11,15H,7-8H2,1-3H3. The summed E-state index contributed by atoms with van der Waals surface area (Å²) in [5.74, 6) is 1.62. The molecule has 1 heterocycles. The number of methoxy groups -OCH3 is 1. The maximum Gasteiger partial charge on any atom is 0.168 e. The first-order valence-electron chi connectivity index (χ1n) is 6.06. The molecule has 0 unspecified atom stereocenters. The lowest BCUT2D eigenvalue weighted by Crippen LogP contribution is -2.46. The lowest BCUT2D eigenvalue weighted by molar-refractivity contribution is 0.0878. The molecule has 1 N–H and O–H groups in total. The van der Waals surface area contributed by atoms with Gasteiger partial charge >= 0.3 is 0 Å². The molecule has 0 aliphatic carbocycles. The number of hydrogen-bond donors (Lipinski definition) is 1. The van der Waals surface area contributed by atoms with Gasteiger partial charge in [-0.15, -0.1) is 0 Å². The normalized spacial score (nSPS) is 15.8. The predicted molar refractivity (Wildman–Crippen MR) is 67.8 cm³/mol. The van der Waals surface area contributed by atoms with Crippen molar-refractivity contribution in [1.29, 1.82) is 0 Å².